The number of aromatic nitrogens is 1. The SMILES string of the molecule is CCNCC1(Cc2cncc(Br)c2)CCCC1. The highest BCUT2D eigenvalue weighted by atomic mass is 79.9. The molecule has 1 fully saturated rings. The maximum absolute atomic E-state index is 4.27. The van der Waals surface area contributed by atoms with Crippen molar-refractivity contribution in [3.63, 3.8) is 0 Å². The summed E-state index contributed by atoms with van der Waals surface area (Å²) in [4.78, 5) is 4.27. The fourth-order valence-corrected chi connectivity index (χ4v) is 3.33. The number of nitrogens with zero attached hydrogens (tertiary/aromatic N) is 1. The number of hydrogen-bond acceptors (Lipinski definition) is 2. The number of hydrogen-bond donors (Lipinski definition) is 1. The van der Waals surface area contributed by atoms with Crippen molar-refractivity contribution in [3.05, 3.63) is 28.5 Å². The monoisotopic (exact) mass is 296 g/mol. The van der Waals surface area contributed by atoms with Crippen molar-refractivity contribution in [2.75, 3.05) is 13.1 Å². The van der Waals surface area contributed by atoms with Gasteiger partial charge in [-0.1, -0.05) is 19.8 Å². The van der Waals surface area contributed by atoms with Crippen LogP contribution in [0, 0.1) is 5.41 Å². The smallest absolute Gasteiger partial charge is 0.0410 e. The topological polar surface area (TPSA) is 24.9 Å². The molecule has 0 saturated heterocycles. The summed E-state index contributed by atoms with van der Waals surface area (Å²) < 4.78 is 1.09. The summed E-state index contributed by atoms with van der Waals surface area (Å²) in [6.07, 6.45) is 10.5. The lowest BCUT2D eigenvalue weighted by atomic mass is 9.80. The van der Waals surface area contributed by atoms with Crippen LogP contribution in [0.3, 0.4) is 0 Å². The Hall–Kier alpha value is -0.410. The highest BCUT2D eigenvalue weighted by Gasteiger charge is 2.33. The fourth-order valence-electron chi connectivity index (χ4n) is 2.92. The first-order valence-electron chi connectivity index (χ1n) is 6.54. The van der Waals surface area contributed by atoms with Gasteiger partial charge in [-0.25, -0.2) is 0 Å². The number of halogens is 1. The third-order valence-corrected chi connectivity index (χ3v) is 4.19. The first-order valence-corrected chi connectivity index (χ1v) is 7.34. The van der Waals surface area contributed by atoms with Crippen molar-refractivity contribution in [1.29, 1.82) is 0 Å². The van der Waals surface area contributed by atoms with Crippen molar-refractivity contribution in [2.45, 2.75) is 39.0 Å². The van der Waals surface area contributed by atoms with E-state index in [4.69, 9.17) is 0 Å². The van der Waals surface area contributed by atoms with Crippen molar-refractivity contribution >= 4 is 15.9 Å². The van der Waals surface area contributed by atoms with Crippen LogP contribution in [0.5, 0.6) is 0 Å². The van der Waals surface area contributed by atoms with E-state index in [0.717, 1.165) is 24.0 Å². The maximum atomic E-state index is 4.27. The summed E-state index contributed by atoms with van der Waals surface area (Å²) in [6.45, 7) is 4.40. The molecule has 0 atom stereocenters. The summed E-state index contributed by atoms with van der Waals surface area (Å²) in [6, 6.07) is 2.21. The second kappa shape index (κ2) is 5.96. The van der Waals surface area contributed by atoms with Gasteiger partial charge in [-0.2, -0.15) is 0 Å². The fraction of sp³-hybridized carbons (Fsp3) is 0.643. The first-order chi connectivity index (χ1) is 8.24. The van der Waals surface area contributed by atoms with Gasteiger partial charge >= 0.3 is 0 Å². The molecule has 0 unspecified atom stereocenters. The largest absolute Gasteiger partial charge is 0.316 e. The minimum atomic E-state index is 0.471. The summed E-state index contributed by atoms with van der Waals surface area (Å²) in [5.74, 6) is 0. The Labute approximate surface area is 112 Å². The Bertz CT molecular complexity index is 359. The van der Waals surface area contributed by atoms with Gasteiger partial charge in [0, 0.05) is 23.4 Å². The summed E-state index contributed by atoms with van der Waals surface area (Å²) in [7, 11) is 0. The van der Waals surface area contributed by atoms with Gasteiger partial charge in [0.05, 0.1) is 0 Å². The van der Waals surface area contributed by atoms with Crippen LogP contribution in [-0.2, 0) is 6.42 Å². The number of nitrogens with one attached hydrogen (secondary N) is 1. The van der Waals surface area contributed by atoms with E-state index in [2.05, 4.69) is 39.2 Å². The van der Waals surface area contributed by atoms with E-state index in [0.29, 0.717) is 5.41 Å². The van der Waals surface area contributed by atoms with E-state index in [1.807, 2.05) is 12.4 Å². The van der Waals surface area contributed by atoms with E-state index >= 15 is 0 Å². The lowest BCUT2D eigenvalue weighted by Gasteiger charge is -2.29. The van der Waals surface area contributed by atoms with Crippen molar-refractivity contribution in [1.82, 2.24) is 10.3 Å². The van der Waals surface area contributed by atoms with E-state index in [-0.39, 0.29) is 0 Å². The van der Waals surface area contributed by atoms with Gasteiger partial charge in [-0.05, 0) is 58.8 Å². The van der Waals surface area contributed by atoms with E-state index in [1.54, 1.807) is 0 Å². The molecule has 1 aliphatic carbocycles. The molecule has 0 aliphatic heterocycles. The lowest BCUT2D eigenvalue weighted by Crippen LogP contribution is -2.33. The van der Waals surface area contributed by atoms with E-state index < -0.39 is 0 Å². The highest BCUT2D eigenvalue weighted by molar-refractivity contribution is 9.10. The van der Waals surface area contributed by atoms with Crippen LogP contribution in [0.1, 0.15) is 38.2 Å². The molecule has 3 heteroatoms. The second-order valence-electron chi connectivity index (χ2n) is 5.18. The molecule has 1 aromatic rings. The molecule has 0 aromatic carbocycles. The Morgan fingerprint density at radius 1 is 1.35 bits per heavy atom. The average Bonchev–Trinajstić information content (AvgIpc) is 2.75. The maximum Gasteiger partial charge on any atom is 0.0410 e. The van der Waals surface area contributed by atoms with E-state index in [1.165, 1.54) is 31.2 Å². The summed E-state index contributed by atoms with van der Waals surface area (Å²) in [5.41, 5.74) is 1.83. The summed E-state index contributed by atoms with van der Waals surface area (Å²) in [5, 5.41) is 3.53. The quantitative estimate of drug-likeness (QED) is 0.899. The number of rotatable bonds is 5. The lowest BCUT2D eigenvalue weighted by molar-refractivity contribution is 0.280. The third kappa shape index (κ3) is 3.52. The second-order valence-corrected chi connectivity index (χ2v) is 6.09. The average molecular weight is 297 g/mol. The van der Waals surface area contributed by atoms with Crippen LogP contribution < -0.4 is 5.32 Å². The van der Waals surface area contributed by atoms with Crippen LogP contribution in [0.2, 0.25) is 0 Å². The Morgan fingerprint density at radius 2 is 2.12 bits per heavy atom. The van der Waals surface area contributed by atoms with Gasteiger partial charge in [0.25, 0.3) is 0 Å². The molecule has 94 valence electrons. The van der Waals surface area contributed by atoms with Gasteiger partial charge in [0.1, 0.15) is 0 Å². The molecule has 1 saturated carbocycles. The Kier molecular flexibility index (Phi) is 4.57. The van der Waals surface area contributed by atoms with Crippen LogP contribution in [-0.4, -0.2) is 18.1 Å². The third-order valence-electron chi connectivity index (χ3n) is 3.75. The minimum absolute atomic E-state index is 0.471. The predicted octanol–water partition coefficient (Wildman–Crippen LogP) is 3.56. The van der Waals surface area contributed by atoms with Crippen molar-refractivity contribution in [2.24, 2.45) is 5.41 Å². The zero-order valence-electron chi connectivity index (χ0n) is 10.5. The molecule has 2 nitrogen and oxygen atoms in total. The molecule has 2 rings (SSSR count). The molecule has 0 radical (unpaired) electrons. The van der Waals surface area contributed by atoms with Crippen LogP contribution in [0.25, 0.3) is 0 Å². The molecule has 0 spiro atoms. The van der Waals surface area contributed by atoms with Gasteiger partial charge in [-0.3, -0.25) is 4.98 Å². The van der Waals surface area contributed by atoms with Crippen LogP contribution in [0.4, 0.5) is 0 Å². The molecule has 1 aliphatic rings. The van der Waals surface area contributed by atoms with Gasteiger partial charge in [0.2, 0.25) is 0 Å². The van der Waals surface area contributed by atoms with Gasteiger partial charge in [-0.15, -0.1) is 0 Å². The van der Waals surface area contributed by atoms with E-state index in [9.17, 15) is 0 Å². The highest BCUT2D eigenvalue weighted by Crippen LogP contribution is 2.40. The van der Waals surface area contributed by atoms with Gasteiger partial charge < -0.3 is 5.32 Å². The van der Waals surface area contributed by atoms with Gasteiger partial charge in [0.15, 0.2) is 0 Å². The summed E-state index contributed by atoms with van der Waals surface area (Å²) >= 11 is 3.50. The normalized spacial score (nSPS) is 18.5. The molecule has 1 aromatic heterocycles. The zero-order valence-corrected chi connectivity index (χ0v) is 12.1. The predicted molar refractivity (Wildman–Crippen MR) is 75.1 cm³/mol. The molecule has 0 amide bonds. The zero-order chi connectivity index (χ0) is 12.1. The molecular formula is C14H21BrN2. The molecule has 17 heavy (non-hydrogen) atoms. The standard InChI is InChI=1S/C14H21BrN2/c1-2-16-11-14(5-3-4-6-14)8-12-7-13(15)10-17-9-12/h7,9-10,16H,2-6,8,11H2,1H3. The molecule has 1 N–H and O–H groups in total. The Morgan fingerprint density at radius 3 is 2.76 bits per heavy atom. The van der Waals surface area contributed by atoms with Crippen LogP contribution in [0.15, 0.2) is 22.9 Å². The Balaban J connectivity index is 2.07. The van der Waals surface area contributed by atoms with Crippen molar-refractivity contribution < 1.29 is 0 Å². The minimum Gasteiger partial charge on any atom is -0.316 e. The molecule has 0 bridgehead atoms. The van der Waals surface area contributed by atoms with Crippen LogP contribution >= 0.6 is 15.9 Å². The molecular weight excluding hydrogens is 276 g/mol. The van der Waals surface area contributed by atoms with Crippen molar-refractivity contribution in [3.8, 4) is 0 Å². The number of pyridine rings is 1. The first kappa shape index (κ1) is 13.0. The molecule has 1 heterocycles.